The quantitative estimate of drug-likeness (QED) is 0.683. The van der Waals surface area contributed by atoms with Crippen molar-refractivity contribution in [2.75, 3.05) is 6.61 Å². The fraction of sp³-hybridized carbons (Fsp3) is 0.136. The topological polar surface area (TPSA) is 72.2 Å². The monoisotopic (exact) mass is 374 g/mol. The zero-order chi connectivity index (χ0) is 19.5. The van der Waals surface area contributed by atoms with E-state index in [0.717, 1.165) is 11.1 Å². The summed E-state index contributed by atoms with van der Waals surface area (Å²) < 4.78 is 26.1. The van der Waals surface area contributed by atoms with Crippen LogP contribution >= 0.6 is 0 Å². The maximum absolute atomic E-state index is 14.5. The van der Waals surface area contributed by atoms with Crippen LogP contribution in [0.5, 0.6) is 11.5 Å². The Labute approximate surface area is 161 Å². The number of ether oxygens (including phenoxy) is 2. The number of halogens is 1. The molecule has 3 aromatic rings. The van der Waals surface area contributed by atoms with Gasteiger partial charge in [0, 0.05) is 30.9 Å². The van der Waals surface area contributed by atoms with Crippen LogP contribution in [-0.2, 0) is 0 Å². The fourth-order valence-electron chi connectivity index (χ4n) is 3.12. The van der Waals surface area contributed by atoms with Crippen molar-refractivity contribution in [2.45, 2.75) is 12.5 Å². The first-order chi connectivity index (χ1) is 13.7. The molecule has 1 aliphatic heterocycles. The average molecular weight is 374 g/mol. The zero-order valence-corrected chi connectivity index (χ0v) is 14.8. The molecule has 0 aliphatic carbocycles. The van der Waals surface area contributed by atoms with Crippen LogP contribution in [0.15, 0.2) is 60.9 Å². The molecule has 0 radical (unpaired) electrons. The van der Waals surface area contributed by atoms with Crippen molar-refractivity contribution >= 4 is 5.78 Å². The van der Waals surface area contributed by atoms with E-state index in [2.05, 4.69) is 11.1 Å². The number of hydrogen-bond acceptors (Lipinski definition) is 5. The number of nitriles is 1. The van der Waals surface area contributed by atoms with E-state index < -0.39 is 11.9 Å². The maximum atomic E-state index is 14.5. The van der Waals surface area contributed by atoms with Crippen LogP contribution in [0.25, 0.3) is 0 Å². The predicted molar refractivity (Wildman–Crippen MR) is 98.7 cm³/mol. The normalized spacial score (nSPS) is 13.8. The highest BCUT2D eigenvalue weighted by Crippen LogP contribution is 2.35. The van der Waals surface area contributed by atoms with Crippen molar-refractivity contribution in [3.8, 4) is 17.6 Å². The molecular formula is C22H15FN2O3. The first-order valence-corrected chi connectivity index (χ1v) is 8.72. The number of hydrogen-bond donors (Lipinski definition) is 0. The van der Waals surface area contributed by atoms with Crippen LogP contribution in [0, 0.1) is 17.1 Å². The number of carbonyl (C=O) groups excluding carboxylic acids is 1. The van der Waals surface area contributed by atoms with Crippen LogP contribution in [0.2, 0.25) is 0 Å². The highest BCUT2D eigenvalue weighted by molar-refractivity contribution is 6.00. The van der Waals surface area contributed by atoms with Crippen molar-refractivity contribution in [3.05, 3.63) is 89.0 Å². The lowest BCUT2D eigenvalue weighted by atomic mass is 10.0. The number of benzene rings is 2. The predicted octanol–water partition coefficient (Wildman–Crippen LogP) is 4.23. The standard InChI is InChI=1S/C22H15FN2O3/c23-18-11-17(12-20-21(18)19(26)7-10-27-20)28-22(16-5-8-25-9-6-16)15-3-1-14(13-24)2-4-15/h1-6,8-9,11-12,22H,7,10H2. The Kier molecular flexibility index (Phi) is 4.73. The molecule has 1 aliphatic rings. The van der Waals surface area contributed by atoms with Crippen molar-refractivity contribution in [3.63, 3.8) is 0 Å². The Morgan fingerprint density at radius 1 is 1.11 bits per heavy atom. The van der Waals surface area contributed by atoms with Crippen molar-refractivity contribution in [1.82, 2.24) is 4.98 Å². The van der Waals surface area contributed by atoms with E-state index in [0.29, 0.717) is 5.56 Å². The summed E-state index contributed by atoms with van der Waals surface area (Å²) in [5.41, 5.74) is 2.11. The number of rotatable bonds is 4. The third-order valence-corrected chi connectivity index (χ3v) is 4.50. The highest BCUT2D eigenvalue weighted by atomic mass is 19.1. The van der Waals surface area contributed by atoms with Gasteiger partial charge in [0.1, 0.15) is 23.4 Å². The SMILES string of the molecule is N#Cc1ccc(C(Oc2cc(F)c3c(c2)OCCC3=O)c2ccncc2)cc1. The van der Waals surface area contributed by atoms with Crippen LogP contribution in [0.3, 0.4) is 0 Å². The van der Waals surface area contributed by atoms with Gasteiger partial charge in [0.15, 0.2) is 5.78 Å². The summed E-state index contributed by atoms with van der Waals surface area (Å²) in [7, 11) is 0. The number of aromatic nitrogens is 1. The van der Waals surface area contributed by atoms with E-state index in [1.165, 1.54) is 12.1 Å². The Bertz CT molecular complexity index is 1060. The van der Waals surface area contributed by atoms with Gasteiger partial charge in [-0.15, -0.1) is 0 Å². The minimum Gasteiger partial charge on any atom is -0.492 e. The molecule has 2 aromatic carbocycles. The maximum Gasteiger partial charge on any atom is 0.172 e. The van der Waals surface area contributed by atoms with Gasteiger partial charge in [0.05, 0.1) is 23.8 Å². The Morgan fingerprint density at radius 3 is 2.54 bits per heavy atom. The van der Waals surface area contributed by atoms with E-state index >= 15 is 0 Å². The Hall–Kier alpha value is -3.72. The van der Waals surface area contributed by atoms with Gasteiger partial charge in [0.25, 0.3) is 0 Å². The van der Waals surface area contributed by atoms with Gasteiger partial charge < -0.3 is 9.47 Å². The second kappa shape index (κ2) is 7.49. The van der Waals surface area contributed by atoms with Gasteiger partial charge in [-0.3, -0.25) is 9.78 Å². The van der Waals surface area contributed by atoms with E-state index in [4.69, 9.17) is 14.7 Å². The minimum absolute atomic E-state index is 0.0302. The van der Waals surface area contributed by atoms with E-state index in [-0.39, 0.29) is 35.9 Å². The van der Waals surface area contributed by atoms with Gasteiger partial charge in [-0.25, -0.2) is 4.39 Å². The van der Waals surface area contributed by atoms with Crippen LogP contribution in [0.4, 0.5) is 4.39 Å². The lowest BCUT2D eigenvalue weighted by molar-refractivity contribution is 0.0927. The lowest BCUT2D eigenvalue weighted by Crippen LogP contribution is -2.17. The highest BCUT2D eigenvalue weighted by Gasteiger charge is 2.25. The molecule has 0 N–H and O–H groups in total. The largest absolute Gasteiger partial charge is 0.492 e. The van der Waals surface area contributed by atoms with E-state index in [9.17, 15) is 9.18 Å². The molecule has 1 aromatic heterocycles. The Balaban J connectivity index is 1.73. The number of fused-ring (bicyclic) bond motifs is 1. The fourth-order valence-corrected chi connectivity index (χ4v) is 3.12. The lowest BCUT2D eigenvalue weighted by Gasteiger charge is -2.22. The molecule has 5 nitrogen and oxygen atoms in total. The van der Waals surface area contributed by atoms with Crippen molar-refractivity contribution in [1.29, 1.82) is 5.26 Å². The molecule has 0 saturated carbocycles. The molecular weight excluding hydrogens is 359 g/mol. The summed E-state index contributed by atoms with van der Waals surface area (Å²) in [6.07, 6.45) is 2.90. The molecule has 0 saturated heterocycles. The summed E-state index contributed by atoms with van der Waals surface area (Å²) in [5, 5.41) is 9.01. The molecule has 2 heterocycles. The van der Waals surface area contributed by atoms with E-state index in [1.807, 2.05) is 0 Å². The summed E-state index contributed by atoms with van der Waals surface area (Å²) in [6, 6.07) is 15.4. The van der Waals surface area contributed by atoms with Gasteiger partial charge in [0.2, 0.25) is 0 Å². The first kappa shape index (κ1) is 17.7. The van der Waals surface area contributed by atoms with Gasteiger partial charge in [-0.1, -0.05) is 12.1 Å². The first-order valence-electron chi connectivity index (χ1n) is 8.72. The number of pyridine rings is 1. The number of nitrogens with zero attached hydrogens (tertiary/aromatic N) is 2. The second-order valence-corrected chi connectivity index (χ2v) is 6.31. The van der Waals surface area contributed by atoms with Crippen molar-refractivity contribution < 1.29 is 18.7 Å². The minimum atomic E-state index is -0.662. The Morgan fingerprint density at radius 2 is 1.82 bits per heavy atom. The molecule has 28 heavy (non-hydrogen) atoms. The van der Waals surface area contributed by atoms with Gasteiger partial charge in [-0.2, -0.15) is 5.26 Å². The molecule has 6 heteroatoms. The molecule has 138 valence electrons. The second-order valence-electron chi connectivity index (χ2n) is 6.31. The van der Waals surface area contributed by atoms with Crippen molar-refractivity contribution in [2.24, 2.45) is 0 Å². The molecule has 0 amide bonds. The molecule has 0 bridgehead atoms. The molecule has 1 unspecified atom stereocenters. The summed E-state index contributed by atoms with van der Waals surface area (Å²) in [6.45, 7) is 0.220. The summed E-state index contributed by atoms with van der Waals surface area (Å²) in [4.78, 5) is 16.0. The number of Topliss-reactive ketones (excluding diaryl/α,β-unsaturated/α-hetero) is 1. The van der Waals surface area contributed by atoms with Gasteiger partial charge in [-0.05, 0) is 35.4 Å². The number of ketones is 1. The van der Waals surface area contributed by atoms with Crippen LogP contribution in [-0.4, -0.2) is 17.4 Å². The third-order valence-electron chi connectivity index (χ3n) is 4.50. The molecule has 0 spiro atoms. The van der Waals surface area contributed by atoms with Crippen LogP contribution in [0.1, 0.15) is 39.6 Å². The van der Waals surface area contributed by atoms with Crippen LogP contribution < -0.4 is 9.47 Å². The van der Waals surface area contributed by atoms with E-state index in [1.54, 1.807) is 48.8 Å². The zero-order valence-electron chi connectivity index (χ0n) is 14.8. The third kappa shape index (κ3) is 3.42. The summed E-state index contributed by atoms with van der Waals surface area (Å²) in [5.74, 6) is -0.495. The van der Waals surface area contributed by atoms with Gasteiger partial charge >= 0.3 is 0 Å². The molecule has 0 fully saturated rings. The average Bonchev–Trinajstić information content (AvgIpc) is 2.72. The smallest absolute Gasteiger partial charge is 0.172 e. The molecule has 1 atom stereocenters. The summed E-state index contributed by atoms with van der Waals surface area (Å²) >= 11 is 0. The molecule has 4 rings (SSSR count). The number of carbonyl (C=O) groups is 1.